The van der Waals surface area contributed by atoms with Crippen LogP contribution in [0.2, 0.25) is 0 Å². The van der Waals surface area contributed by atoms with Crippen LogP contribution in [-0.4, -0.2) is 26.0 Å². The van der Waals surface area contributed by atoms with E-state index < -0.39 is 16.0 Å². The van der Waals surface area contributed by atoms with Crippen LogP contribution < -0.4 is 4.72 Å². The molecule has 128 valence electrons. The van der Waals surface area contributed by atoms with E-state index in [1.54, 1.807) is 12.1 Å². The highest BCUT2D eigenvalue weighted by molar-refractivity contribution is 7.91. The SMILES string of the molecule is O=C(O)Cc1ccc(S(=O)(=O)NCC2(c3ccc(F)cc3)CC2)s1. The minimum Gasteiger partial charge on any atom is -0.481 e. The van der Waals surface area contributed by atoms with Gasteiger partial charge in [-0.2, -0.15) is 0 Å². The number of rotatable bonds is 7. The van der Waals surface area contributed by atoms with Crippen molar-refractivity contribution in [3.05, 3.63) is 52.7 Å². The van der Waals surface area contributed by atoms with Crippen molar-refractivity contribution in [1.29, 1.82) is 0 Å². The first-order chi connectivity index (χ1) is 11.3. The molecular formula is C16H16FNO4S2. The van der Waals surface area contributed by atoms with Gasteiger partial charge in [-0.15, -0.1) is 11.3 Å². The Morgan fingerprint density at radius 1 is 1.21 bits per heavy atom. The molecule has 0 spiro atoms. The molecule has 1 heterocycles. The van der Waals surface area contributed by atoms with E-state index in [0.717, 1.165) is 29.7 Å². The van der Waals surface area contributed by atoms with Gasteiger partial charge in [-0.3, -0.25) is 4.79 Å². The van der Waals surface area contributed by atoms with Crippen LogP contribution in [0.5, 0.6) is 0 Å². The van der Waals surface area contributed by atoms with Gasteiger partial charge in [0.1, 0.15) is 10.0 Å². The summed E-state index contributed by atoms with van der Waals surface area (Å²) in [5.41, 5.74) is 0.645. The summed E-state index contributed by atoms with van der Waals surface area (Å²) in [6.07, 6.45) is 1.49. The van der Waals surface area contributed by atoms with E-state index in [9.17, 15) is 17.6 Å². The van der Waals surface area contributed by atoms with E-state index in [0.29, 0.717) is 4.88 Å². The van der Waals surface area contributed by atoms with Crippen LogP contribution >= 0.6 is 11.3 Å². The Balaban J connectivity index is 1.70. The van der Waals surface area contributed by atoms with E-state index in [4.69, 9.17) is 5.11 Å². The number of thiophene rings is 1. The zero-order chi connectivity index (χ0) is 17.4. The number of hydrogen-bond acceptors (Lipinski definition) is 4. The molecule has 24 heavy (non-hydrogen) atoms. The van der Waals surface area contributed by atoms with Gasteiger partial charge in [0.15, 0.2) is 0 Å². The maximum atomic E-state index is 13.0. The van der Waals surface area contributed by atoms with Crippen molar-refractivity contribution in [2.45, 2.75) is 28.9 Å². The Morgan fingerprint density at radius 2 is 1.88 bits per heavy atom. The number of carboxylic acids is 1. The summed E-state index contributed by atoms with van der Waals surface area (Å²) >= 11 is 0.956. The van der Waals surface area contributed by atoms with E-state index in [-0.39, 0.29) is 28.4 Å². The zero-order valence-corrected chi connectivity index (χ0v) is 14.3. The van der Waals surface area contributed by atoms with E-state index in [2.05, 4.69) is 4.72 Å². The molecule has 2 aromatic rings. The van der Waals surface area contributed by atoms with Crippen LogP contribution in [0, 0.1) is 5.82 Å². The van der Waals surface area contributed by atoms with Crippen molar-refractivity contribution in [1.82, 2.24) is 4.72 Å². The quantitative estimate of drug-likeness (QED) is 0.786. The molecule has 1 aromatic carbocycles. The second-order valence-electron chi connectivity index (χ2n) is 5.90. The van der Waals surface area contributed by atoms with E-state index >= 15 is 0 Å². The minimum absolute atomic E-state index is 0.105. The normalized spacial score (nSPS) is 16.0. The molecule has 0 unspecified atom stereocenters. The number of halogens is 1. The average molecular weight is 369 g/mol. The molecule has 0 radical (unpaired) electrons. The van der Waals surface area contributed by atoms with Crippen molar-refractivity contribution in [2.24, 2.45) is 0 Å². The maximum Gasteiger partial charge on any atom is 0.308 e. The number of nitrogens with one attached hydrogen (secondary N) is 1. The molecule has 1 saturated carbocycles. The molecule has 0 saturated heterocycles. The van der Waals surface area contributed by atoms with Crippen molar-refractivity contribution < 1.29 is 22.7 Å². The van der Waals surface area contributed by atoms with Gasteiger partial charge < -0.3 is 5.11 Å². The predicted molar refractivity (Wildman–Crippen MR) is 88.2 cm³/mol. The molecule has 1 fully saturated rings. The van der Waals surface area contributed by atoms with Crippen LogP contribution in [-0.2, 0) is 26.7 Å². The number of carbonyl (C=O) groups is 1. The molecular weight excluding hydrogens is 353 g/mol. The van der Waals surface area contributed by atoms with Crippen molar-refractivity contribution in [2.75, 3.05) is 6.54 Å². The fraction of sp³-hybridized carbons (Fsp3) is 0.312. The molecule has 1 aromatic heterocycles. The molecule has 0 amide bonds. The first-order valence-corrected chi connectivity index (χ1v) is 9.67. The summed E-state index contributed by atoms with van der Waals surface area (Å²) < 4.78 is 40.5. The van der Waals surface area contributed by atoms with E-state index in [1.165, 1.54) is 24.3 Å². The van der Waals surface area contributed by atoms with Crippen molar-refractivity contribution in [3.63, 3.8) is 0 Å². The Labute approximate surface area is 143 Å². The Bertz CT molecular complexity index is 854. The highest BCUT2D eigenvalue weighted by atomic mass is 32.2. The smallest absolute Gasteiger partial charge is 0.308 e. The number of aliphatic carboxylic acids is 1. The molecule has 1 aliphatic rings. The van der Waals surface area contributed by atoms with Gasteiger partial charge in [-0.25, -0.2) is 17.5 Å². The molecule has 0 bridgehead atoms. The van der Waals surface area contributed by atoms with Gasteiger partial charge in [0, 0.05) is 16.8 Å². The highest BCUT2D eigenvalue weighted by Crippen LogP contribution is 2.47. The largest absolute Gasteiger partial charge is 0.481 e. The number of carboxylic acid groups (broad SMARTS) is 1. The van der Waals surface area contributed by atoms with Crippen LogP contribution in [0.4, 0.5) is 4.39 Å². The summed E-state index contributed by atoms with van der Waals surface area (Å²) in [6.45, 7) is 0.243. The lowest BCUT2D eigenvalue weighted by molar-refractivity contribution is -0.136. The zero-order valence-electron chi connectivity index (χ0n) is 12.7. The van der Waals surface area contributed by atoms with Crippen molar-refractivity contribution >= 4 is 27.3 Å². The van der Waals surface area contributed by atoms with E-state index in [1.807, 2.05) is 0 Å². The molecule has 3 rings (SSSR count). The van der Waals surface area contributed by atoms with Crippen LogP contribution in [0.3, 0.4) is 0 Å². The highest BCUT2D eigenvalue weighted by Gasteiger charge is 2.44. The first kappa shape index (κ1) is 17.1. The maximum absolute atomic E-state index is 13.0. The third kappa shape index (κ3) is 3.66. The van der Waals surface area contributed by atoms with Crippen LogP contribution in [0.15, 0.2) is 40.6 Å². The molecule has 0 atom stereocenters. The lowest BCUT2D eigenvalue weighted by Gasteiger charge is -2.16. The molecule has 1 aliphatic carbocycles. The number of sulfonamides is 1. The third-order valence-corrected chi connectivity index (χ3v) is 7.12. The molecule has 8 heteroatoms. The van der Waals surface area contributed by atoms with Gasteiger partial charge in [0.25, 0.3) is 0 Å². The molecule has 2 N–H and O–H groups in total. The molecule has 5 nitrogen and oxygen atoms in total. The topological polar surface area (TPSA) is 83.5 Å². The first-order valence-electron chi connectivity index (χ1n) is 7.37. The van der Waals surface area contributed by atoms with Gasteiger partial charge >= 0.3 is 5.97 Å². The molecule has 0 aliphatic heterocycles. The van der Waals surface area contributed by atoms with Gasteiger partial charge in [-0.1, -0.05) is 12.1 Å². The fourth-order valence-corrected chi connectivity index (χ4v) is 5.09. The summed E-state index contributed by atoms with van der Waals surface area (Å²) in [6, 6.07) is 9.06. The fourth-order valence-electron chi connectivity index (χ4n) is 2.57. The lowest BCUT2D eigenvalue weighted by atomic mass is 9.96. The average Bonchev–Trinajstić information content (AvgIpc) is 3.17. The summed E-state index contributed by atoms with van der Waals surface area (Å²) in [7, 11) is -3.68. The summed E-state index contributed by atoms with van der Waals surface area (Å²) in [5.74, 6) is -1.32. The monoisotopic (exact) mass is 369 g/mol. The lowest BCUT2D eigenvalue weighted by Crippen LogP contribution is -2.31. The van der Waals surface area contributed by atoms with Gasteiger partial charge in [0.05, 0.1) is 6.42 Å². The van der Waals surface area contributed by atoms with Crippen molar-refractivity contribution in [3.8, 4) is 0 Å². The van der Waals surface area contributed by atoms with Gasteiger partial charge in [-0.05, 0) is 42.7 Å². The Kier molecular flexibility index (Phi) is 4.46. The summed E-state index contributed by atoms with van der Waals surface area (Å²) in [5, 5.41) is 8.76. The second kappa shape index (κ2) is 6.27. The Hall–Kier alpha value is -1.77. The van der Waals surface area contributed by atoms with Gasteiger partial charge in [0.2, 0.25) is 10.0 Å². The number of benzene rings is 1. The third-order valence-electron chi connectivity index (χ3n) is 4.14. The number of hydrogen-bond donors (Lipinski definition) is 2. The predicted octanol–water partition coefficient (Wildman–Crippen LogP) is 2.52. The minimum atomic E-state index is -3.68. The van der Waals surface area contributed by atoms with Crippen LogP contribution in [0.1, 0.15) is 23.3 Å². The second-order valence-corrected chi connectivity index (χ2v) is 9.07. The van der Waals surface area contributed by atoms with Crippen LogP contribution in [0.25, 0.3) is 0 Å². The standard InChI is InChI=1S/C16H16FNO4S2/c17-12-3-1-11(2-4-12)16(7-8-16)10-18-24(21,22)15-6-5-13(23-15)9-14(19)20/h1-6,18H,7-10H2,(H,19,20). The summed E-state index contributed by atoms with van der Waals surface area (Å²) in [4.78, 5) is 11.2. The Morgan fingerprint density at radius 3 is 2.46 bits per heavy atom.